The highest BCUT2D eigenvalue weighted by Crippen LogP contribution is 2.38. The lowest BCUT2D eigenvalue weighted by molar-refractivity contribution is 0.872. The van der Waals surface area contributed by atoms with Gasteiger partial charge in [-0.1, -0.05) is 48.0 Å². The molecule has 2 heterocycles. The first-order chi connectivity index (χ1) is 13.7. The van der Waals surface area contributed by atoms with Crippen LogP contribution >= 0.6 is 11.6 Å². The largest absolute Gasteiger partial charge is 0.339 e. The summed E-state index contributed by atoms with van der Waals surface area (Å²) in [6.45, 7) is 2.95. The Bertz CT molecular complexity index is 1130. The molecule has 1 aromatic heterocycles. The van der Waals surface area contributed by atoms with Crippen molar-refractivity contribution in [2.75, 3.05) is 11.4 Å². The summed E-state index contributed by atoms with van der Waals surface area (Å²) in [5.74, 6) is 1.02. The van der Waals surface area contributed by atoms with E-state index in [0.717, 1.165) is 35.2 Å². The molecule has 138 valence electrons. The Kier molecular flexibility index (Phi) is 4.18. The minimum atomic E-state index is 0.753. The average molecular weight is 386 g/mol. The molecule has 28 heavy (non-hydrogen) atoms. The molecule has 0 fully saturated rings. The first-order valence-corrected chi connectivity index (χ1v) is 9.85. The molecule has 0 saturated carbocycles. The van der Waals surface area contributed by atoms with Gasteiger partial charge < -0.3 is 4.90 Å². The summed E-state index contributed by atoms with van der Waals surface area (Å²) in [7, 11) is 0. The zero-order valence-electron chi connectivity index (χ0n) is 15.6. The topological polar surface area (TPSA) is 21.1 Å². The molecular formula is C24H20ClN3. The number of benzene rings is 3. The molecule has 4 aromatic rings. The van der Waals surface area contributed by atoms with E-state index in [1.807, 2.05) is 24.4 Å². The van der Waals surface area contributed by atoms with Gasteiger partial charge in [-0.3, -0.25) is 4.57 Å². The quantitative estimate of drug-likeness (QED) is 0.410. The van der Waals surface area contributed by atoms with Crippen molar-refractivity contribution in [2.45, 2.75) is 13.3 Å². The molecule has 0 unspecified atom stereocenters. The third-order valence-electron chi connectivity index (χ3n) is 5.36. The maximum absolute atomic E-state index is 6.13. The summed E-state index contributed by atoms with van der Waals surface area (Å²) in [6.07, 6.45) is 2.92. The average Bonchev–Trinajstić information content (AvgIpc) is 3.01. The zero-order chi connectivity index (χ0) is 19.1. The van der Waals surface area contributed by atoms with Crippen LogP contribution in [0.2, 0.25) is 5.02 Å². The molecule has 5 rings (SSSR count). The van der Waals surface area contributed by atoms with Crippen molar-refractivity contribution in [3.63, 3.8) is 0 Å². The minimum absolute atomic E-state index is 0.753. The highest BCUT2D eigenvalue weighted by atomic mass is 35.5. The van der Waals surface area contributed by atoms with Crippen LogP contribution in [-0.4, -0.2) is 16.1 Å². The van der Waals surface area contributed by atoms with Crippen molar-refractivity contribution in [1.29, 1.82) is 0 Å². The number of nitrogens with zero attached hydrogens (tertiary/aromatic N) is 3. The van der Waals surface area contributed by atoms with E-state index in [1.54, 1.807) is 0 Å². The number of anilines is 2. The fourth-order valence-electron chi connectivity index (χ4n) is 3.97. The Morgan fingerprint density at radius 3 is 2.43 bits per heavy atom. The normalized spacial score (nSPS) is 13.0. The summed E-state index contributed by atoms with van der Waals surface area (Å²) >= 11 is 6.13. The Labute approximate surface area is 169 Å². The fraction of sp³-hybridized carbons (Fsp3) is 0.125. The molecule has 3 aromatic carbocycles. The van der Waals surface area contributed by atoms with Crippen molar-refractivity contribution in [2.24, 2.45) is 0 Å². The molecular weight excluding hydrogens is 366 g/mol. The number of imidazole rings is 1. The maximum atomic E-state index is 6.13. The van der Waals surface area contributed by atoms with Crippen LogP contribution in [0.25, 0.3) is 16.8 Å². The van der Waals surface area contributed by atoms with Crippen LogP contribution < -0.4 is 4.90 Å². The summed E-state index contributed by atoms with van der Waals surface area (Å²) in [4.78, 5) is 6.94. The molecule has 0 bridgehead atoms. The fourth-order valence-corrected chi connectivity index (χ4v) is 4.10. The van der Waals surface area contributed by atoms with Crippen LogP contribution in [0.1, 0.15) is 11.5 Å². The number of hydrogen-bond acceptors (Lipinski definition) is 2. The van der Waals surface area contributed by atoms with Gasteiger partial charge in [0.05, 0.1) is 11.4 Å². The molecule has 0 atom stereocenters. The summed E-state index contributed by atoms with van der Waals surface area (Å²) in [6, 6.07) is 25.3. The number of fused-ring (bicyclic) bond motifs is 3. The van der Waals surface area contributed by atoms with E-state index in [2.05, 4.69) is 76.0 Å². The molecule has 0 saturated heterocycles. The number of aromatic nitrogens is 2. The Balaban J connectivity index is 1.72. The van der Waals surface area contributed by atoms with Crippen LogP contribution in [0.3, 0.4) is 0 Å². The number of halogens is 1. The Hall–Kier alpha value is -3.04. The van der Waals surface area contributed by atoms with Gasteiger partial charge in [0.2, 0.25) is 0 Å². The van der Waals surface area contributed by atoms with E-state index in [-0.39, 0.29) is 0 Å². The van der Waals surface area contributed by atoms with E-state index in [0.29, 0.717) is 0 Å². The molecule has 0 spiro atoms. The molecule has 0 amide bonds. The Morgan fingerprint density at radius 1 is 0.857 bits per heavy atom. The van der Waals surface area contributed by atoms with E-state index in [9.17, 15) is 0 Å². The van der Waals surface area contributed by atoms with E-state index >= 15 is 0 Å². The van der Waals surface area contributed by atoms with Crippen molar-refractivity contribution < 1.29 is 0 Å². The third kappa shape index (κ3) is 2.88. The van der Waals surface area contributed by atoms with Crippen molar-refractivity contribution in [3.8, 4) is 16.8 Å². The highest BCUT2D eigenvalue weighted by molar-refractivity contribution is 6.30. The second-order valence-corrected chi connectivity index (χ2v) is 7.52. The predicted octanol–water partition coefficient (Wildman–Crippen LogP) is 6.20. The summed E-state index contributed by atoms with van der Waals surface area (Å²) in [5.41, 5.74) is 7.16. The van der Waals surface area contributed by atoms with E-state index in [1.165, 1.54) is 22.5 Å². The highest BCUT2D eigenvalue weighted by Gasteiger charge is 2.23. The van der Waals surface area contributed by atoms with Crippen LogP contribution in [0.15, 0.2) is 79.0 Å². The first-order valence-electron chi connectivity index (χ1n) is 9.47. The van der Waals surface area contributed by atoms with Gasteiger partial charge in [0.25, 0.3) is 0 Å². The van der Waals surface area contributed by atoms with Crippen molar-refractivity contribution in [3.05, 3.63) is 95.5 Å². The van der Waals surface area contributed by atoms with Crippen LogP contribution in [-0.2, 0) is 6.42 Å². The van der Waals surface area contributed by atoms with Crippen LogP contribution in [0.5, 0.6) is 0 Å². The lowest BCUT2D eigenvalue weighted by Gasteiger charge is -2.26. The van der Waals surface area contributed by atoms with E-state index in [4.69, 9.17) is 11.6 Å². The molecule has 0 aliphatic carbocycles. The zero-order valence-corrected chi connectivity index (χ0v) is 16.4. The smallest absolute Gasteiger partial charge is 0.110 e. The maximum Gasteiger partial charge on any atom is 0.110 e. The van der Waals surface area contributed by atoms with E-state index < -0.39 is 0 Å². The molecule has 4 heteroatoms. The number of hydrogen-bond donors (Lipinski definition) is 0. The van der Waals surface area contributed by atoms with Gasteiger partial charge in [-0.2, -0.15) is 0 Å². The SMILES string of the molecule is Cc1ncc2n1-c1ccc(-c3ccccc3)cc1N(c1ccc(Cl)cc1)CC2. The summed E-state index contributed by atoms with van der Waals surface area (Å²) in [5, 5.41) is 0.753. The molecule has 0 radical (unpaired) electrons. The van der Waals surface area contributed by atoms with Crippen LogP contribution in [0.4, 0.5) is 11.4 Å². The lowest BCUT2D eigenvalue weighted by Crippen LogP contribution is -2.19. The van der Waals surface area contributed by atoms with Gasteiger partial charge in [-0.15, -0.1) is 0 Å². The van der Waals surface area contributed by atoms with Gasteiger partial charge in [0.15, 0.2) is 0 Å². The first kappa shape index (κ1) is 17.1. The second kappa shape index (κ2) is 6.84. The van der Waals surface area contributed by atoms with Crippen molar-refractivity contribution >= 4 is 23.0 Å². The van der Waals surface area contributed by atoms with Crippen molar-refractivity contribution in [1.82, 2.24) is 9.55 Å². The third-order valence-corrected chi connectivity index (χ3v) is 5.61. The van der Waals surface area contributed by atoms with Gasteiger partial charge >= 0.3 is 0 Å². The Morgan fingerprint density at radius 2 is 1.64 bits per heavy atom. The van der Waals surface area contributed by atoms with Gasteiger partial charge in [0, 0.05) is 35.6 Å². The van der Waals surface area contributed by atoms with Gasteiger partial charge in [0.1, 0.15) is 5.82 Å². The molecule has 1 aliphatic heterocycles. The van der Waals surface area contributed by atoms with Gasteiger partial charge in [-0.25, -0.2) is 4.98 Å². The lowest BCUT2D eigenvalue weighted by atomic mass is 10.0. The van der Waals surface area contributed by atoms with Crippen LogP contribution in [0, 0.1) is 6.92 Å². The number of aryl methyl sites for hydroxylation is 1. The monoisotopic (exact) mass is 385 g/mol. The minimum Gasteiger partial charge on any atom is -0.339 e. The molecule has 1 aliphatic rings. The van der Waals surface area contributed by atoms with Gasteiger partial charge in [-0.05, 0) is 54.4 Å². The summed E-state index contributed by atoms with van der Waals surface area (Å²) < 4.78 is 2.28. The molecule has 0 N–H and O–H groups in total. The molecule has 3 nitrogen and oxygen atoms in total. The number of rotatable bonds is 2. The standard InChI is InChI=1S/C24H20ClN3/c1-17-26-16-22-13-14-27(21-10-8-20(25)9-11-21)24-15-19(7-12-23(24)28(17)22)18-5-3-2-4-6-18/h2-12,15-16H,13-14H2,1H3. The predicted molar refractivity (Wildman–Crippen MR) is 116 cm³/mol. The second-order valence-electron chi connectivity index (χ2n) is 7.08.